The number of hydrogen-bond donors (Lipinski definition) is 1. The molecule has 0 spiro atoms. The minimum atomic E-state index is -0.118. The first-order valence-corrected chi connectivity index (χ1v) is 15.0. The molecule has 3 heteroatoms. The molecule has 4 fully saturated rings. The van der Waals surface area contributed by atoms with Crippen LogP contribution in [0.1, 0.15) is 104 Å². The average Bonchev–Trinajstić information content (AvgIpc) is 3.33. The lowest BCUT2D eigenvalue weighted by Crippen LogP contribution is -2.50. The van der Waals surface area contributed by atoms with E-state index in [0.29, 0.717) is 29.1 Å². The van der Waals surface area contributed by atoms with E-state index >= 15 is 0 Å². The molecule has 6 rings (SSSR count). The monoisotopic (exact) mass is 480 g/mol. The predicted octanol–water partition coefficient (Wildman–Crippen LogP) is 7.24. The van der Waals surface area contributed by atoms with Gasteiger partial charge in [-0.05, 0) is 123 Å². The van der Waals surface area contributed by atoms with E-state index in [4.69, 9.17) is 4.74 Å². The molecule has 0 aromatic carbocycles. The third-order valence-electron chi connectivity index (χ3n) is 12.4. The van der Waals surface area contributed by atoms with Gasteiger partial charge in [0.25, 0.3) is 0 Å². The third kappa shape index (κ3) is 4.07. The van der Waals surface area contributed by atoms with Gasteiger partial charge in [-0.2, -0.15) is 0 Å². The molecule has 0 unspecified atom stereocenters. The Bertz CT molecular complexity index is 889. The second-order valence-electron chi connectivity index (χ2n) is 14.1. The zero-order chi connectivity index (χ0) is 24.4. The highest BCUT2D eigenvalue weighted by atomic mass is 16.5. The van der Waals surface area contributed by atoms with E-state index < -0.39 is 0 Å². The highest BCUT2D eigenvalue weighted by Crippen LogP contribution is 2.67. The molecule has 6 aliphatic rings. The van der Waals surface area contributed by atoms with Crippen LogP contribution in [0.15, 0.2) is 23.8 Å². The Morgan fingerprint density at radius 3 is 2.80 bits per heavy atom. The lowest BCUT2D eigenvalue weighted by molar-refractivity contribution is -0.150. The molecular formula is C32H48O3. The first kappa shape index (κ1) is 24.3. The molecule has 4 saturated carbocycles. The summed E-state index contributed by atoms with van der Waals surface area (Å²) < 4.78 is 6.00. The Morgan fingerprint density at radius 2 is 1.97 bits per heavy atom. The topological polar surface area (TPSA) is 46.5 Å². The maximum Gasteiger partial charge on any atom is 0.306 e. The van der Waals surface area contributed by atoms with Crippen molar-refractivity contribution < 1.29 is 14.6 Å². The number of hydrogen-bond acceptors (Lipinski definition) is 3. The van der Waals surface area contributed by atoms with E-state index in [9.17, 15) is 9.90 Å². The molecule has 0 saturated heterocycles. The third-order valence-corrected chi connectivity index (χ3v) is 12.4. The van der Waals surface area contributed by atoms with Gasteiger partial charge in [0.15, 0.2) is 0 Å². The van der Waals surface area contributed by atoms with Gasteiger partial charge in [-0.1, -0.05) is 44.6 Å². The van der Waals surface area contributed by atoms with Gasteiger partial charge in [-0.15, -0.1) is 0 Å². The van der Waals surface area contributed by atoms with Crippen LogP contribution in [0.5, 0.6) is 0 Å². The van der Waals surface area contributed by atoms with E-state index in [1.807, 2.05) is 0 Å². The number of aliphatic hydroxyl groups is 1. The van der Waals surface area contributed by atoms with Crippen LogP contribution in [0.25, 0.3) is 0 Å². The molecule has 2 bridgehead atoms. The van der Waals surface area contributed by atoms with Crippen molar-refractivity contribution in [3.05, 3.63) is 23.8 Å². The van der Waals surface area contributed by atoms with Crippen LogP contribution in [0.4, 0.5) is 0 Å². The van der Waals surface area contributed by atoms with Crippen molar-refractivity contribution in [2.24, 2.45) is 52.3 Å². The first-order valence-electron chi connectivity index (χ1n) is 15.0. The molecule has 1 N–H and O–H groups in total. The van der Waals surface area contributed by atoms with Gasteiger partial charge in [0.05, 0.1) is 6.10 Å². The van der Waals surface area contributed by atoms with E-state index in [1.165, 1.54) is 51.4 Å². The summed E-state index contributed by atoms with van der Waals surface area (Å²) >= 11 is 0. The second kappa shape index (κ2) is 9.03. The summed E-state index contributed by atoms with van der Waals surface area (Å²) in [5.74, 6) is 5.02. The van der Waals surface area contributed by atoms with Gasteiger partial charge < -0.3 is 9.84 Å². The van der Waals surface area contributed by atoms with Crippen LogP contribution in [0, 0.1) is 52.3 Å². The highest BCUT2D eigenvalue weighted by molar-refractivity contribution is 5.69. The van der Waals surface area contributed by atoms with Crippen molar-refractivity contribution in [2.75, 3.05) is 0 Å². The fraction of sp³-hybridized carbons (Fsp3) is 0.844. The van der Waals surface area contributed by atoms with Gasteiger partial charge in [0.1, 0.15) is 6.10 Å². The Balaban J connectivity index is 1.08. The van der Waals surface area contributed by atoms with E-state index in [0.717, 1.165) is 55.3 Å². The smallest absolute Gasteiger partial charge is 0.306 e. The summed E-state index contributed by atoms with van der Waals surface area (Å²) in [6.07, 6.45) is 21.9. The van der Waals surface area contributed by atoms with Crippen molar-refractivity contribution in [2.45, 2.75) is 116 Å². The van der Waals surface area contributed by atoms with Crippen molar-refractivity contribution in [3.8, 4) is 0 Å². The van der Waals surface area contributed by atoms with Gasteiger partial charge in [0, 0.05) is 12.3 Å². The maximum atomic E-state index is 12.8. The number of fused-ring (bicyclic) bond motifs is 7. The van der Waals surface area contributed by atoms with Gasteiger partial charge in [-0.3, -0.25) is 4.79 Å². The minimum Gasteiger partial charge on any atom is -0.462 e. The number of esters is 1. The van der Waals surface area contributed by atoms with E-state index in [1.54, 1.807) is 5.57 Å². The second-order valence-corrected chi connectivity index (χ2v) is 14.1. The van der Waals surface area contributed by atoms with Crippen molar-refractivity contribution in [1.82, 2.24) is 0 Å². The molecule has 0 heterocycles. The number of carbonyl (C=O) groups is 1. The summed E-state index contributed by atoms with van der Waals surface area (Å²) in [7, 11) is 0. The number of allylic oxidation sites excluding steroid dienone is 2. The van der Waals surface area contributed by atoms with Gasteiger partial charge in [0.2, 0.25) is 0 Å². The van der Waals surface area contributed by atoms with E-state index in [2.05, 4.69) is 39.0 Å². The van der Waals surface area contributed by atoms with Gasteiger partial charge >= 0.3 is 5.97 Å². The lowest BCUT2D eigenvalue weighted by atomic mass is 9.47. The van der Waals surface area contributed by atoms with Crippen molar-refractivity contribution >= 4 is 5.97 Å². The van der Waals surface area contributed by atoms with Crippen LogP contribution in [-0.4, -0.2) is 23.3 Å². The van der Waals surface area contributed by atoms with Gasteiger partial charge in [-0.25, -0.2) is 0 Å². The first-order chi connectivity index (χ1) is 16.8. The quantitative estimate of drug-likeness (QED) is 0.333. The van der Waals surface area contributed by atoms with Crippen molar-refractivity contribution in [3.63, 3.8) is 0 Å². The Kier molecular flexibility index (Phi) is 6.26. The molecule has 0 amide bonds. The summed E-state index contributed by atoms with van der Waals surface area (Å²) in [5.41, 5.74) is 2.32. The summed E-state index contributed by atoms with van der Waals surface area (Å²) in [6, 6.07) is 0. The summed E-state index contributed by atoms with van der Waals surface area (Å²) in [6.45, 7) is 7.56. The molecule has 35 heavy (non-hydrogen) atoms. The zero-order valence-corrected chi connectivity index (χ0v) is 22.4. The Hall–Kier alpha value is -1.09. The van der Waals surface area contributed by atoms with Crippen LogP contribution in [-0.2, 0) is 9.53 Å². The van der Waals surface area contributed by atoms with Crippen molar-refractivity contribution in [1.29, 1.82) is 0 Å². The maximum absolute atomic E-state index is 12.8. The van der Waals surface area contributed by atoms with Crippen LogP contribution in [0.3, 0.4) is 0 Å². The molecule has 0 aliphatic heterocycles. The Morgan fingerprint density at radius 1 is 1.11 bits per heavy atom. The highest BCUT2D eigenvalue weighted by Gasteiger charge is 2.59. The van der Waals surface area contributed by atoms with Crippen LogP contribution >= 0.6 is 0 Å². The number of carbonyl (C=O) groups excluding carboxylic acids is 1. The molecule has 0 radical (unpaired) electrons. The zero-order valence-electron chi connectivity index (χ0n) is 22.4. The molecule has 6 aliphatic carbocycles. The molecule has 0 aromatic heterocycles. The molecular weight excluding hydrogens is 432 g/mol. The molecule has 0 aromatic rings. The number of ether oxygens (including phenoxy) is 1. The summed E-state index contributed by atoms with van der Waals surface area (Å²) in [4.78, 5) is 12.8. The minimum absolute atomic E-state index is 0.0450. The fourth-order valence-corrected chi connectivity index (χ4v) is 10.5. The normalized spacial score (nSPS) is 49.0. The molecule has 194 valence electrons. The summed E-state index contributed by atoms with van der Waals surface area (Å²) in [5, 5.41) is 10.3. The van der Waals surface area contributed by atoms with Crippen LogP contribution < -0.4 is 0 Å². The standard InChI is InChI=1S/C32H48O3/c1-20(7-12-30(34)35-29-18-21-5-4-6-22(29)17-21)26-10-11-27-25-9-8-23-19-24(33)13-15-31(23,2)28(25)14-16-32(26,27)3/h4,6,8,20-22,24-29,33H,5,7,9-19H2,1-3H3/t20-,21-,22-,24+,25+,26-,27+,28+,29+,31+,32-/m1/s1. The largest absolute Gasteiger partial charge is 0.462 e. The molecule has 11 atom stereocenters. The van der Waals surface area contributed by atoms with Crippen LogP contribution in [0.2, 0.25) is 0 Å². The predicted molar refractivity (Wildman–Crippen MR) is 139 cm³/mol. The number of aliphatic hydroxyl groups excluding tert-OH is 1. The lowest BCUT2D eigenvalue weighted by Gasteiger charge is -2.58. The fourth-order valence-electron chi connectivity index (χ4n) is 10.5. The number of rotatable bonds is 5. The Labute approximate surface area is 213 Å². The van der Waals surface area contributed by atoms with E-state index in [-0.39, 0.29) is 18.2 Å². The molecule has 3 nitrogen and oxygen atoms in total. The SMILES string of the molecule is C[C@H](CCC(=O)O[C@H]1C[C@@H]2CC=C[C@@H]1C2)[C@H]1CC[C@H]2[C@@H]3CC=C4C[C@@H](O)CC[C@]4(C)[C@H]3CC[C@]12C. The average molecular weight is 481 g/mol.